The number of nitrogens with one attached hydrogen (secondary N) is 1. The first-order chi connectivity index (χ1) is 15.6. The number of carbonyl (C=O) groups is 1. The van der Waals surface area contributed by atoms with Crippen molar-refractivity contribution in [2.75, 3.05) is 18.9 Å². The molecule has 0 bridgehead atoms. The molecule has 0 spiro atoms. The molecular formula is C24H25N5O3. The molecule has 8 heteroatoms. The van der Waals surface area contributed by atoms with Gasteiger partial charge >= 0.3 is 0 Å². The van der Waals surface area contributed by atoms with Gasteiger partial charge in [0.1, 0.15) is 0 Å². The highest BCUT2D eigenvalue weighted by Crippen LogP contribution is 2.30. The molecular weight excluding hydrogens is 406 g/mol. The Bertz CT molecular complexity index is 1200. The fourth-order valence-corrected chi connectivity index (χ4v) is 3.53. The average molecular weight is 431 g/mol. The van der Waals surface area contributed by atoms with Crippen LogP contribution in [-0.4, -0.2) is 34.4 Å². The summed E-state index contributed by atoms with van der Waals surface area (Å²) in [6.45, 7) is 2.49. The second kappa shape index (κ2) is 9.49. The summed E-state index contributed by atoms with van der Waals surface area (Å²) in [7, 11) is 1.73. The van der Waals surface area contributed by atoms with Crippen molar-refractivity contribution in [3.63, 3.8) is 0 Å². The van der Waals surface area contributed by atoms with E-state index in [4.69, 9.17) is 14.6 Å². The summed E-state index contributed by atoms with van der Waals surface area (Å²) in [5, 5.41) is 3.22. The first-order valence-corrected chi connectivity index (χ1v) is 10.4. The van der Waals surface area contributed by atoms with Gasteiger partial charge in [0.15, 0.2) is 17.9 Å². The molecule has 164 valence electrons. The molecule has 0 fully saturated rings. The van der Waals surface area contributed by atoms with Crippen molar-refractivity contribution in [2.45, 2.75) is 19.9 Å². The van der Waals surface area contributed by atoms with E-state index >= 15 is 0 Å². The Morgan fingerprint density at radius 2 is 1.91 bits per heavy atom. The van der Waals surface area contributed by atoms with Gasteiger partial charge in [0.2, 0.25) is 5.91 Å². The van der Waals surface area contributed by atoms with Crippen LogP contribution >= 0.6 is 0 Å². The Kier molecular flexibility index (Phi) is 6.32. The smallest absolute Gasteiger partial charge is 0.299 e. The summed E-state index contributed by atoms with van der Waals surface area (Å²) in [4.78, 5) is 21.8. The van der Waals surface area contributed by atoms with Crippen LogP contribution in [0, 0.1) is 0 Å². The largest absolute Gasteiger partial charge is 0.444 e. The van der Waals surface area contributed by atoms with Crippen molar-refractivity contribution in [1.29, 1.82) is 0 Å². The third-order valence-electron chi connectivity index (χ3n) is 5.23. The van der Waals surface area contributed by atoms with Crippen LogP contribution in [-0.2, 0) is 17.8 Å². The number of hydrogen-bond acceptors (Lipinski definition) is 7. The van der Waals surface area contributed by atoms with E-state index in [9.17, 15) is 4.79 Å². The minimum atomic E-state index is -0.125. The first-order valence-electron chi connectivity index (χ1n) is 10.4. The van der Waals surface area contributed by atoms with E-state index in [1.54, 1.807) is 24.3 Å². The molecule has 4 rings (SSSR count). The minimum Gasteiger partial charge on any atom is -0.444 e. The van der Waals surface area contributed by atoms with E-state index in [1.807, 2.05) is 42.5 Å². The number of aryl methyl sites for hydroxylation is 1. The van der Waals surface area contributed by atoms with Gasteiger partial charge in [0.25, 0.3) is 6.01 Å². The quantitative estimate of drug-likeness (QED) is 0.430. The highest BCUT2D eigenvalue weighted by Gasteiger charge is 2.15. The maximum Gasteiger partial charge on any atom is 0.299 e. The number of amides is 1. The molecule has 0 atom stereocenters. The molecule has 4 aromatic rings. The Labute approximate surface area is 186 Å². The molecule has 0 radical (unpaired) electrons. The number of rotatable bonds is 8. The van der Waals surface area contributed by atoms with Crippen LogP contribution in [0.4, 0.5) is 11.7 Å². The van der Waals surface area contributed by atoms with Crippen LogP contribution in [0.5, 0.6) is 0 Å². The number of benzene rings is 2. The topological polar surface area (TPSA) is 110 Å². The Morgan fingerprint density at radius 1 is 1.09 bits per heavy atom. The van der Waals surface area contributed by atoms with Crippen LogP contribution in [0.3, 0.4) is 0 Å². The number of aromatic nitrogens is 2. The van der Waals surface area contributed by atoms with Crippen LogP contribution in [0.2, 0.25) is 0 Å². The zero-order chi connectivity index (χ0) is 22.5. The van der Waals surface area contributed by atoms with E-state index in [1.165, 1.54) is 6.39 Å². The number of anilines is 2. The second-order valence-corrected chi connectivity index (χ2v) is 7.36. The number of oxazole rings is 2. The first kappa shape index (κ1) is 21.3. The standard InChI is InChI=1S/C24H25N5O3/c1-3-16-10-18(8-9-20(16)21-12-26-15-31-21)28-24-27-13-22(32-24)19-7-5-4-6-17(19)14-29(2)23(30)11-25/h4-10,12-13,15H,3,11,14,25H2,1-2H3,(H,27,28). The molecule has 0 aliphatic rings. The number of nitrogens with zero attached hydrogens (tertiary/aromatic N) is 3. The zero-order valence-corrected chi connectivity index (χ0v) is 18.0. The van der Waals surface area contributed by atoms with E-state index in [0.29, 0.717) is 18.3 Å². The molecule has 2 aromatic heterocycles. The third-order valence-corrected chi connectivity index (χ3v) is 5.23. The van der Waals surface area contributed by atoms with Crippen molar-refractivity contribution in [3.05, 3.63) is 72.4 Å². The molecule has 2 aromatic carbocycles. The number of hydrogen-bond donors (Lipinski definition) is 2. The number of carbonyl (C=O) groups excluding carboxylic acids is 1. The van der Waals surface area contributed by atoms with E-state index < -0.39 is 0 Å². The van der Waals surface area contributed by atoms with Crippen LogP contribution < -0.4 is 11.1 Å². The van der Waals surface area contributed by atoms with Gasteiger partial charge in [-0.2, -0.15) is 0 Å². The predicted molar refractivity (Wildman–Crippen MR) is 122 cm³/mol. The summed E-state index contributed by atoms with van der Waals surface area (Å²) < 4.78 is 11.4. The van der Waals surface area contributed by atoms with Crippen molar-refractivity contribution < 1.29 is 13.6 Å². The van der Waals surface area contributed by atoms with Gasteiger partial charge in [-0.25, -0.2) is 9.97 Å². The SMILES string of the molecule is CCc1cc(Nc2ncc(-c3ccccc3CN(C)C(=O)CN)o2)ccc1-c1cnco1. The number of nitrogens with two attached hydrogens (primary N) is 1. The van der Waals surface area contributed by atoms with Crippen molar-refractivity contribution in [3.8, 4) is 22.6 Å². The molecule has 3 N–H and O–H groups in total. The molecule has 0 saturated heterocycles. The van der Waals surface area contributed by atoms with Gasteiger partial charge in [-0.05, 0) is 35.7 Å². The normalized spacial score (nSPS) is 10.8. The maximum atomic E-state index is 11.9. The summed E-state index contributed by atoms with van der Waals surface area (Å²) in [6, 6.07) is 14.1. The van der Waals surface area contributed by atoms with E-state index in [-0.39, 0.29) is 12.5 Å². The average Bonchev–Trinajstić information content (AvgIpc) is 3.51. The zero-order valence-electron chi connectivity index (χ0n) is 18.0. The Balaban J connectivity index is 1.55. The van der Waals surface area contributed by atoms with Gasteiger partial charge in [-0.15, -0.1) is 0 Å². The highest BCUT2D eigenvalue weighted by atomic mass is 16.4. The summed E-state index contributed by atoms with van der Waals surface area (Å²) >= 11 is 0. The number of likely N-dealkylation sites (N-methyl/N-ethyl adjacent to an activating group) is 1. The monoisotopic (exact) mass is 431 g/mol. The Morgan fingerprint density at radius 3 is 2.66 bits per heavy atom. The minimum absolute atomic E-state index is 0.0238. The summed E-state index contributed by atoms with van der Waals surface area (Å²) in [6.07, 6.45) is 5.65. The molecule has 1 amide bonds. The summed E-state index contributed by atoms with van der Waals surface area (Å²) in [5.41, 5.74) is 10.3. The van der Waals surface area contributed by atoms with Gasteiger partial charge < -0.3 is 24.8 Å². The van der Waals surface area contributed by atoms with Crippen molar-refractivity contribution in [1.82, 2.24) is 14.9 Å². The predicted octanol–water partition coefficient (Wildman–Crippen LogP) is 4.22. The maximum absolute atomic E-state index is 11.9. The lowest BCUT2D eigenvalue weighted by molar-refractivity contribution is -0.128. The lowest BCUT2D eigenvalue weighted by Crippen LogP contribution is -2.32. The van der Waals surface area contributed by atoms with Crippen LogP contribution in [0.15, 0.2) is 70.1 Å². The molecule has 0 aliphatic carbocycles. The molecule has 0 saturated carbocycles. The highest BCUT2D eigenvalue weighted by molar-refractivity contribution is 5.78. The third kappa shape index (κ3) is 4.55. The van der Waals surface area contributed by atoms with Crippen LogP contribution in [0.25, 0.3) is 22.6 Å². The fraction of sp³-hybridized carbons (Fsp3) is 0.208. The van der Waals surface area contributed by atoms with E-state index in [0.717, 1.165) is 40.1 Å². The molecule has 0 unspecified atom stereocenters. The van der Waals surface area contributed by atoms with Crippen molar-refractivity contribution in [2.24, 2.45) is 5.73 Å². The van der Waals surface area contributed by atoms with Gasteiger partial charge in [-0.1, -0.05) is 31.2 Å². The summed E-state index contributed by atoms with van der Waals surface area (Å²) in [5.74, 6) is 1.23. The molecule has 2 heterocycles. The second-order valence-electron chi connectivity index (χ2n) is 7.36. The van der Waals surface area contributed by atoms with Gasteiger partial charge in [-0.3, -0.25) is 4.79 Å². The Hall–Kier alpha value is -3.91. The molecule has 32 heavy (non-hydrogen) atoms. The van der Waals surface area contributed by atoms with Crippen molar-refractivity contribution >= 4 is 17.6 Å². The molecule has 8 nitrogen and oxygen atoms in total. The van der Waals surface area contributed by atoms with Crippen LogP contribution in [0.1, 0.15) is 18.1 Å². The van der Waals surface area contributed by atoms with Gasteiger partial charge in [0.05, 0.1) is 18.9 Å². The molecule has 0 aliphatic heterocycles. The lowest BCUT2D eigenvalue weighted by atomic mass is 10.0. The van der Waals surface area contributed by atoms with Gasteiger partial charge in [0, 0.05) is 30.4 Å². The fourth-order valence-electron chi connectivity index (χ4n) is 3.53. The van der Waals surface area contributed by atoms with E-state index in [2.05, 4.69) is 22.2 Å². The lowest BCUT2D eigenvalue weighted by Gasteiger charge is -2.17.